The lowest BCUT2D eigenvalue weighted by Gasteiger charge is -2.54. The summed E-state index contributed by atoms with van der Waals surface area (Å²) in [4.78, 5) is 0. The van der Waals surface area contributed by atoms with Gasteiger partial charge in [-0.15, -0.1) is 0 Å². The SMILES string of the molecule is OC1CC2(CC(O)C1C1CC=CCC1)CC(O)C(C1CC=CCC1)C(O)C2. The molecule has 1 spiro atoms. The Morgan fingerprint density at radius 2 is 0.926 bits per heavy atom. The summed E-state index contributed by atoms with van der Waals surface area (Å²) < 4.78 is 0. The van der Waals surface area contributed by atoms with Crippen LogP contribution in [0.4, 0.5) is 0 Å². The van der Waals surface area contributed by atoms with Gasteiger partial charge in [-0.2, -0.15) is 0 Å². The Bertz CT molecular complexity index is 493. The van der Waals surface area contributed by atoms with Crippen LogP contribution >= 0.6 is 0 Å². The zero-order valence-electron chi connectivity index (χ0n) is 16.3. The highest BCUT2D eigenvalue weighted by molar-refractivity contribution is 5.06. The fourth-order valence-electron chi connectivity index (χ4n) is 6.92. The van der Waals surface area contributed by atoms with Crippen LogP contribution in [0.5, 0.6) is 0 Å². The van der Waals surface area contributed by atoms with Crippen molar-refractivity contribution in [3.8, 4) is 0 Å². The first-order chi connectivity index (χ1) is 13.0. The quantitative estimate of drug-likeness (QED) is 0.559. The summed E-state index contributed by atoms with van der Waals surface area (Å²) in [6.07, 6.45) is 14.9. The molecule has 4 aliphatic carbocycles. The minimum Gasteiger partial charge on any atom is -0.393 e. The number of rotatable bonds is 2. The number of allylic oxidation sites excluding steroid dienone is 4. The summed E-state index contributed by atoms with van der Waals surface area (Å²) in [5.41, 5.74) is -0.334. The van der Waals surface area contributed by atoms with Crippen LogP contribution in [0, 0.1) is 29.1 Å². The first-order valence-corrected chi connectivity index (χ1v) is 11.0. The van der Waals surface area contributed by atoms with Gasteiger partial charge in [0.1, 0.15) is 0 Å². The first kappa shape index (κ1) is 19.6. The maximum Gasteiger partial charge on any atom is 0.0601 e. The number of hydrogen-bond acceptors (Lipinski definition) is 4. The van der Waals surface area contributed by atoms with Gasteiger partial charge < -0.3 is 20.4 Å². The lowest BCUT2D eigenvalue weighted by atomic mass is 9.55. The molecule has 0 aromatic rings. The van der Waals surface area contributed by atoms with Crippen molar-refractivity contribution in [3.05, 3.63) is 24.3 Å². The molecule has 0 amide bonds. The van der Waals surface area contributed by atoms with E-state index in [4.69, 9.17) is 0 Å². The summed E-state index contributed by atoms with van der Waals surface area (Å²) in [7, 11) is 0. The molecule has 0 saturated heterocycles. The molecule has 4 nitrogen and oxygen atoms in total. The van der Waals surface area contributed by atoms with Crippen LogP contribution in [-0.2, 0) is 0 Å². The van der Waals surface area contributed by atoms with Crippen LogP contribution in [0.15, 0.2) is 24.3 Å². The number of aliphatic hydroxyl groups is 4. The molecule has 6 unspecified atom stereocenters. The van der Waals surface area contributed by atoms with E-state index < -0.39 is 24.4 Å². The van der Waals surface area contributed by atoms with Gasteiger partial charge in [0.05, 0.1) is 24.4 Å². The highest BCUT2D eigenvalue weighted by Gasteiger charge is 2.53. The van der Waals surface area contributed by atoms with Gasteiger partial charge in [-0.1, -0.05) is 24.3 Å². The molecule has 0 heterocycles. The minimum atomic E-state index is -0.543. The molecular formula is C23H36O4. The second kappa shape index (κ2) is 7.98. The van der Waals surface area contributed by atoms with Gasteiger partial charge >= 0.3 is 0 Å². The van der Waals surface area contributed by atoms with Gasteiger partial charge in [0.15, 0.2) is 0 Å². The third-order valence-corrected chi connectivity index (χ3v) is 8.05. The fraction of sp³-hybridized carbons (Fsp3) is 0.826. The van der Waals surface area contributed by atoms with Gasteiger partial charge in [-0.05, 0) is 81.5 Å². The maximum absolute atomic E-state index is 10.9. The van der Waals surface area contributed by atoms with E-state index in [9.17, 15) is 20.4 Å². The van der Waals surface area contributed by atoms with E-state index in [1.807, 2.05) is 0 Å². The largest absolute Gasteiger partial charge is 0.393 e. The fourth-order valence-corrected chi connectivity index (χ4v) is 6.92. The third-order valence-electron chi connectivity index (χ3n) is 8.05. The molecule has 2 fully saturated rings. The van der Waals surface area contributed by atoms with Gasteiger partial charge in [0.25, 0.3) is 0 Å². The monoisotopic (exact) mass is 376 g/mol. The van der Waals surface area contributed by atoms with E-state index in [-0.39, 0.29) is 17.3 Å². The molecule has 0 bridgehead atoms. The first-order valence-electron chi connectivity index (χ1n) is 11.0. The average molecular weight is 377 g/mol. The Balaban J connectivity index is 1.45. The van der Waals surface area contributed by atoms with E-state index >= 15 is 0 Å². The van der Waals surface area contributed by atoms with E-state index in [1.54, 1.807) is 0 Å². The number of aliphatic hydroxyl groups excluding tert-OH is 4. The summed E-state index contributed by atoms with van der Waals surface area (Å²) in [5, 5.41) is 43.8. The summed E-state index contributed by atoms with van der Waals surface area (Å²) in [5.74, 6) is 0.544. The highest BCUT2D eigenvalue weighted by atomic mass is 16.3. The predicted molar refractivity (Wildman–Crippen MR) is 105 cm³/mol. The van der Waals surface area contributed by atoms with E-state index in [2.05, 4.69) is 24.3 Å². The highest BCUT2D eigenvalue weighted by Crippen LogP contribution is 2.54. The molecular weight excluding hydrogens is 340 g/mol. The predicted octanol–water partition coefficient (Wildman–Crippen LogP) is 2.95. The van der Waals surface area contributed by atoms with E-state index in [0.29, 0.717) is 37.5 Å². The van der Waals surface area contributed by atoms with Crippen molar-refractivity contribution in [2.75, 3.05) is 0 Å². The Hall–Kier alpha value is -0.680. The summed E-state index contributed by atoms with van der Waals surface area (Å²) in [6, 6.07) is 0. The van der Waals surface area contributed by atoms with Crippen molar-refractivity contribution in [2.24, 2.45) is 29.1 Å². The molecule has 152 valence electrons. The van der Waals surface area contributed by atoms with Gasteiger partial charge in [0, 0.05) is 11.8 Å². The smallest absolute Gasteiger partial charge is 0.0601 e. The molecule has 27 heavy (non-hydrogen) atoms. The molecule has 4 aliphatic rings. The number of hydrogen-bond donors (Lipinski definition) is 4. The van der Waals surface area contributed by atoms with Crippen molar-refractivity contribution >= 4 is 0 Å². The van der Waals surface area contributed by atoms with Gasteiger partial charge in [-0.3, -0.25) is 0 Å². The molecule has 4 heteroatoms. The minimum absolute atomic E-state index is 0.0731. The second-order valence-electron chi connectivity index (χ2n) is 9.83. The Labute approximate surface area is 163 Å². The average Bonchev–Trinajstić information content (AvgIpc) is 2.62. The van der Waals surface area contributed by atoms with Crippen molar-refractivity contribution in [1.82, 2.24) is 0 Å². The third kappa shape index (κ3) is 3.91. The van der Waals surface area contributed by atoms with Crippen LogP contribution in [0.2, 0.25) is 0 Å². The Kier molecular flexibility index (Phi) is 5.80. The van der Waals surface area contributed by atoms with Crippen molar-refractivity contribution in [1.29, 1.82) is 0 Å². The molecule has 0 radical (unpaired) electrons. The van der Waals surface area contributed by atoms with Crippen molar-refractivity contribution < 1.29 is 20.4 Å². The zero-order chi connectivity index (χ0) is 19.0. The molecule has 0 aromatic carbocycles. The van der Waals surface area contributed by atoms with E-state index in [0.717, 1.165) is 38.5 Å². The van der Waals surface area contributed by atoms with Gasteiger partial charge in [-0.25, -0.2) is 0 Å². The van der Waals surface area contributed by atoms with Crippen molar-refractivity contribution in [3.63, 3.8) is 0 Å². The van der Waals surface area contributed by atoms with Gasteiger partial charge in [0.2, 0.25) is 0 Å². The molecule has 4 N–H and O–H groups in total. The molecule has 2 saturated carbocycles. The standard InChI is InChI=1S/C23H36O4/c24-17-11-23(12-18(25)21(17)15-7-3-1-4-8-15)13-19(26)22(20(27)14-23)16-9-5-2-6-10-16/h1-3,5,15-22,24-27H,4,6-14H2. The molecule has 0 aromatic heterocycles. The molecule has 4 rings (SSSR count). The van der Waals surface area contributed by atoms with Crippen LogP contribution in [-0.4, -0.2) is 44.8 Å². The zero-order valence-corrected chi connectivity index (χ0v) is 16.3. The lowest BCUT2D eigenvalue weighted by Crippen LogP contribution is -2.55. The second-order valence-corrected chi connectivity index (χ2v) is 9.83. The summed E-state index contributed by atoms with van der Waals surface area (Å²) >= 11 is 0. The van der Waals surface area contributed by atoms with Crippen LogP contribution in [0.25, 0.3) is 0 Å². The van der Waals surface area contributed by atoms with Crippen LogP contribution in [0.1, 0.15) is 64.2 Å². The normalized spacial score (nSPS) is 50.8. The van der Waals surface area contributed by atoms with Crippen LogP contribution < -0.4 is 0 Å². The van der Waals surface area contributed by atoms with Crippen LogP contribution in [0.3, 0.4) is 0 Å². The molecule has 0 aliphatic heterocycles. The Morgan fingerprint density at radius 3 is 1.22 bits per heavy atom. The molecule has 6 atom stereocenters. The summed E-state index contributed by atoms with van der Waals surface area (Å²) in [6.45, 7) is 0. The maximum atomic E-state index is 10.9. The van der Waals surface area contributed by atoms with E-state index in [1.165, 1.54) is 0 Å². The lowest BCUT2D eigenvalue weighted by molar-refractivity contribution is -0.161. The van der Waals surface area contributed by atoms with Crippen molar-refractivity contribution in [2.45, 2.75) is 88.6 Å². The Morgan fingerprint density at radius 1 is 0.556 bits per heavy atom. The topological polar surface area (TPSA) is 80.9 Å².